The number of hydrogen-bond acceptors (Lipinski definition) is 9. The quantitative estimate of drug-likeness (QED) is 0.517. The molecule has 1 aromatic heterocycles. The molecular formula is C16H20N4O6S. The van der Waals surface area contributed by atoms with Crippen LogP contribution in [0, 0.1) is 10.1 Å². The fraction of sp³-hybridized carbons (Fsp3) is 0.312. The standard InChI is InChI=1S/C14H14N4O2.C2H6O4S/c19-18(20)14-11-16(17-8-2-1-5-13(14)17)9-6-12-4-3-7-15-10-12;1-5-7(3,4)6-2/h1-5,7-8,10H,6,9,11H2;1-2H3. The molecule has 0 spiro atoms. The first-order chi connectivity index (χ1) is 12.9. The van der Waals surface area contributed by atoms with E-state index >= 15 is 0 Å². The zero-order valence-electron chi connectivity index (χ0n) is 14.9. The molecule has 0 saturated heterocycles. The molecule has 0 N–H and O–H groups in total. The SMILES string of the molecule is COS(=O)(=O)OC.O=[N+]([O-])C1=C2C=CC=CN2N(CCc2cccnc2)C1. The summed E-state index contributed by atoms with van der Waals surface area (Å²) < 4.78 is 27.5. The van der Waals surface area contributed by atoms with Gasteiger partial charge in [0, 0.05) is 25.1 Å². The lowest BCUT2D eigenvalue weighted by Crippen LogP contribution is -2.35. The predicted molar refractivity (Wildman–Crippen MR) is 96.6 cm³/mol. The van der Waals surface area contributed by atoms with Crippen LogP contribution in [0.4, 0.5) is 0 Å². The first-order valence-corrected chi connectivity index (χ1v) is 9.23. The van der Waals surface area contributed by atoms with Crippen LogP contribution in [-0.2, 0) is 25.2 Å². The summed E-state index contributed by atoms with van der Waals surface area (Å²) in [7, 11) is -1.60. The zero-order chi connectivity index (χ0) is 19.9. The first kappa shape index (κ1) is 20.7. The molecule has 0 bridgehead atoms. The Morgan fingerprint density at radius 2 is 2.04 bits per heavy atom. The number of hydrazine groups is 1. The van der Waals surface area contributed by atoms with Crippen molar-refractivity contribution in [2.24, 2.45) is 0 Å². The third kappa shape index (κ3) is 5.69. The van der Waals surface area contributed by atoms with Crippen molar-refractivity contribution in [1.82, 2.24) is 15.0 Å². The lowest BCUT2D eigenvalue weighted by Gasteiger charge is -2.28. The van der Waals surface area contributed by atoms with Crippen LogP contribution >= 0.6 is 0 Å². The maximum Gasteiger partial charge on any atom is 0.399 e. The normalized spacial score (nSPS) is 16.1. The van der Waals surface area contributed by atoms with E-state index in [4.69, 9.17) is 0 Å². The topological polar surface area (TPSA) is 115 Å². The van der Waals surface area contributed by atoms with Crippen molar-refractivity contribution < 1.29 is 21.7 Å². The van der Waals surface area contributed by atoms with Crippen LogP contribution in [0.5, 0.6) is 0 Å². The van der Waals surface area contributed by atoms with Crippen molar-refractivity contribution in [1.29, 1.82) is 0 Å². The van der Waals surface area contributed by atoms with Crippen LogP contribution in [0.25, 0.3) is 0 Å². The molecule has 0 saturated carbocycles. The molecule has 0 radical (unpaired) electrons. The summed E-state index contributed by atoms with van der Waals surface area (Å²) in [5, 5.41) is 14.9. The van der Waals surface area contributed by atoms with Crippen molar-refractivity contribution in [3.05, 3.63) is 76.0 Å². The second kappa shape index (κ2) is 9.37. The van der Waals surface area contributed by atoms with Crippen molar-refractivity contribution in [3.63, 3.8) is 0 Å². The number of allylic oxidation sites excluding steroid dienone is 3. The van der Waals surface area contributed by atoms with Crippen molar-refractivity contribution >= 4 is 10.4 Å². The summed E-state index contributed by atoms with van der Waals surface area (Å²) in [6.07, 6.45) is 11.7. The van der Waals surface area contributed by atoms with Crippen molar-refractivity contribution in [2.45, 2.75) is 6.42 Å². The van der Waals surface area contributed by atoms with Gasteiger partial charge in [-0.25, -0.2) is 5.01 Å². The lowest BCUT2D eigenvalue weighted by molar-refractivity contribution is -0.426. The first-order valence-electron chi connectivity index (χ1n) is 7.89. The van der Waals surface area contributed by atoms with Crippen molar-refractivity contribution in [3.8, 4) is 0 Å². The van der Waals surface area contributed by atoms with E-state index in [0.717, 1.165) is 26.2 Å². The molecule has 0 amide bonds. The zero-order valence-corrected chi connectivity index (χ0v) is 15.7. The van der Waals surface area contributed by atoms with Crippen LogP contribution in [-0.4, -0.2) is 55.7 Å². The van der Waals surface area contributed by atoms with E-state index in [1.54, 1.807) is 12.3 Å². The van der Waals surface area contributed by atoms with Crippen molar-refractivity contribution in [2.75, 3.05) is 27.3 Å². The molecular weight excluding hydrogens is 376 g/mol. The molecule has 1 aromatic rings. The van der Waals surface area contributed by atoms with E-state index in [9.17, 15) is 18.5 Å². The number of rotatable bonds is 6. The minimum absolute atomic E-state index is 0.247. The van der Waals surface area contributed by atoms with Gasteiger partial charge in [-0.3, -0.25) is 28.5 Å². The Bertz CT molecular complexity index is 841. The van der Waals surface area contributed by atoms with Gasteiger partial charge in [0.2, 0.25) is 0 Å². The third-order valence-corrected chi connectivity index (χ3v) is 4.60. The van der Waals surface area contributed by atoms with E-state index in [1.165, 1.54) is 0 Å². The molecule has 3 rings (SSSR count). The number of aromatic nitrogens is 1. The van der Waals surface area contributed by atoms with Gasteiger partial charge in [0.05, 0.1) is 19.1 Å². The largest absolute Gasteiger partial charge is 0.399 e. The third-order valence-electron chi connectivity index (χ3n) is 3.78. The fourth-order valence-corrected chi connectivity index (χ4v) is 2.59. The van der Waals surface area contributed by atoms with Crippen LogP contribution in [0.1, 0.15) is 5.56 Å². The smallest absolute Gasteiger partial charge is 0.275 e. The second-order valence-corrected chi connectivity index (χ2v) is 6.86. The average molecular weight is 396 g/mol. The molecule has 2 aliphatic heterocycles. The van der Waals surface area contributed by atoms with Gasteiger partial charge >= 0.3 is 10.4 Å². The highest BCUT2D eigenvalue weighted by Crippen LogP contribution is 2.27. The minimum atomic E-state index is -3.66. The molecule has 3 heterocycles. The molecule has 0 aromatic carbocycles. The van der Waals surface area contributed by atoms with Gasteiger partial charge in [-0.1, -0.05) is 12.1 Å². The van der Waals surface area contributed by atoms with E-state index in [2.05, 4.69) is 13.4 Å². The summed E-state index contributed by atoms with van der Waals surface area (Å²) in [5.41, 5.74) is 2.03. The number of pyridine rings is 1. The predicted octanol–water partition coefficient (Wildman–Crippen LogP) is 1.25. The van der Waals surface area contributed by atoms with E-state index in [-0.39, 0.29) is 10.6 Å². The van der Waals surface area contributed by atoms with Gasteiger partial charge < -0.3 is 0 Å². The van der Waals surface area contributed by atoms with E-state index < -0.39 is 10.4 Å². The monoisotopic (exact) mass is 396 g/mol. The Kier molecular flexibility index (Phi) is 7.19. The maximum atomic E-state index is 11.1. The molecule has 0 atom stereocenters. The highest BCUT2D eigenvalue weighted by Gasteiger charge is 2.35. The van der Waals surface area contributed by atoms with Gasteiger partial charge in [0.15, 0.2) is 0 Å². The summed E-state index contributed by atoms with van der Waals surface area (Å²) >= 11 is 0. The molecule has 0 fully saturated rings. The van der Waals surface area contributed by atoms with Gasteiger partial charge in [-0.05, 0) is 30.2 Å². The van der Waals surface area contributed by atoms with E-state index in [1.807, 2.05) is 46.7 Å². The highest BCUT2D eigenvalue weighted by atomic mass is 32.3. The molecule has 0 aliphatic carbocycles. The fourth-order valence-electron chi connectivity index (χ4n) is 2.45. The summed E-state index contributed by atoms with van der Waals surface area (Å²) in [6, 6.07) is 3.91. The van der Waals surface area contributed by atoms with Gasteiger partial charge in [-0.15, -0.1) is 0 Å². The molecule has 11 heteroatoms. The Morgan fingerprint density at radius 3 is 2.59 bits per heavy atom. The lowest BCUT2D eigenvalue weighted by atomic mass is 10.2. The van der Waals surface area contributed by atoms with Crippen LogP contribution < -0.4 is 0 Å². The van der Waals surface area contributed by atoms with E-state index in [0.29, 0.717) is 18.8 Å². The summed E-state index contributed by atoms with van der Waals surface area (Å²) in [4.78, 5) is 14.9. The average Bonchev–Trinajstić information content (AvgIpc) is 3.07. The van der Waals surface area contributed by atoms with Gasteiger partial charge in [-0.2, -0.15) is 8.42 Å². The Labute approximate surface area is 157 Å². The Hall–Kier alpha value is -2.60. The number of nitro groups is 1. The summed E-state index contributed by atoms with van der Waals surface area (Å²) in [5.74, 6) is 0. The number of fused-ring (bicyclic) bond motifs is 1. The molecule has 2 aliphatic rings. The second-order valence-electron chi connectivity index (χ2n) is 5.38. The van der Waals surface area contributed by atoms with Crippen LogP contribution in [0.15, 0.2) is 60.3 Å². The minimum Gasteiger partial charge on any atom is -0.275 e. The van der Waals surface area contributed by atoms with Gasteiger partial charge in [0.1, 0.15) is 12.2 Å². The Balaban J connectivity index is 0.000000321. The molecule has 146 valence electrons. The summed E-state index contributed by atoms with van der Waals surface area (Å²) in [6.45, 7) is 1.04. The maximum absolute atomic E-state index is 11.1. The molecule has 10 nitrogen and oxygen atoms in total. The molecule has 27 heavy (non-hydrogen) atoms. The number of hydrogen-bond donors (Lipinski definition) is 0. The number of nitrogens with zero attached hydrogens (tertiary/aromatic N) is 4. The highest BCUT2D eigenvalue weighted by molar-refractivity contribution is 7.81. The van der Waals surface area contributed by atoms with Crippen LogP contribution in [0.2, 0.25) is 0 Å². The van der Waals surface area contributed by atoms with Gasteiger partial charge in [0.25, 0.3) is 5.70 Å². The van der Waals surface area contributed by atoms with Crippen LogP contribution in [0.3, 0.4) is 0 Å². The molecule has 0 unspecified atom stereocenters. The Morgan fingerprint density at radius 1 is 1.30 bits per heavy atom.